The highest BCUT2D eigenvalue weighted by Gasteiger charge is 2.33. The predicted molar refractivity (Wildman–Crippen MR) is 122 cm³/mol. The van der Waals surface area contributed by atoms with Gasteiger partial charge in [-0.3, -0.25) is 9.59 Å². The molecule has 2 aromatic rings. The van der Waals surface area contributed by atoms with Crippen LogP contribution in [0.2, 0.25) is 0 Å². The van der Waals surface area contributed by atoms with E-state index in [1.54, 1.807) is 7.05 Å². The van der Waals surface area contributed by atoms with Crippen molar-refractivity contribution in [3.05, 3.63) is 39.8 Å². The maximum atomic E-state index is 12.7. The molecule has 1 aromatic heterocycles. The van der Waals surface area contributed by atoms with Crippen molar-refractivity contribution >= 4 is 17.3 Å². The standard InChI is InChI=1S/C23H31N5O3/c1-4-6-17(24)19-20(26-3)23(30)28-22(27-19)16-12-13(7-8-18(16)31-5-2)9-14-10-15(11-14)21(25)29/h7-8,12,14-15,24,26H,4-6,9-11H2,1-3H3,(H2,25,29)(H,27,28,30). The van der Waals surface area contributed by atoms with Crippen molar-refractivity contribution in [3.63, 3.8) is 0 Å². The molecule has 1 fully saturated rings. The fourth-order valence-electron chi connectivity index (χ4n) is 4.06. The molecular weight excluding hydrogens is 394 g/mol. The summed E-state index contributed by atoms with van der Waals surface area (Å²) in [5.74, 6) is 1.18. The smallest absolute Gasteiger partial charge is 0.275 e. The molecule has 166 valence electrons. The van der Waals surface area contributed by atoms with E-state index < -0.39 is 0 Å². The number of benzene rings is 1. The first-order chi connectivity index (χ1) is 14.9. The Labute approximate surface area is 182 Å². The Kier molecular flexibility index (Phi) is 7.09. The molecule has 3 rings (SSSR count). The Hall–Kier alpha value is -3.16. The van der Waals surface area contributed by atoms with Gasteiger partial charge >= 0.3 is 0 Å². The highest BCUT2D eigenvalue weighted by Crippen LogP contribution is 2.37. The predicted octanol–water partition coefficient (Wildman–Crippen LogP) is 3.10. The number of primary amides is 1. The van der Waals surface area contributed by atoms with E-state index in [4.69, 9.17) is 15.9 Å². The van der Waals surface area contributed by atoms with E-state index in [9.17, 15) is 9.59 Å². The zero-order valence-electron chi connectivity index (χ0n) is 18.4. The van der Waals surface area contributed by atoms with Crippen molar-refractivity contribution < 1.29 is 9.53 Å². The summed E-state index contributed by atoms with van der Waals surface area (Å²) in [5.41, 5.74) is 7.81. The van der Waals surface area contributed by atoms with E-state index in [1.807, 2.05) is 32.0 Å². The summed E-state index contributed by atoms with van der Waals surface area (Å²) in [4.78, 5) is 31.5. The number of rotatable bonds is 10. The molecule has 1 aromatic carbocycles. The van der Waals surface area contributed by atoms with Gasteiger partial charge in [-0.05, 0) is 56.2 Å². The van der Waals surface area contributed by atoms with Crippen LogP contribution in [0, 0.1) is 17.2 Å². The number of nitrogens with two attached hydrogens (primary N) is 1. The summed E-state index contributed by atoms with van der Waals surface area (Å²) < 4.78 is 5.79. The maximum Gasteiger partial charge on any atom is 0.275 e. The fourth-order valence-corrected chi connectivity index (χ4v) is 4.06. The third-order valence-electron chi connectivity index (χ3n) is 5.72. The van der Waals surface area contributed by atoms with E-state index in [0.29, 0.717) is 53.2 Å². The molecule has 0 unspecified atom stereocenters. The van der Waals surface area contributed by atoms with Crippen molar-refractivity contribution in [1.82, 2.24) is 9.97 Å². The summed E-state index contributed by atoms with van der Waals surface area (Å²) >= 11 is 0. The lowest BCUT2D eigenvalue weighted by atomic mass is 9.72. The Morgan fingerprint density at radius 3 is 2.71 bits per heavy atom. The van der Waals surface area contributed by atoms with Crippen LogP contribution in [0.1, 0.15) is 50.8 Å². The summed E-state index contributed by atoms with van der Waals surface area (Å²) in [7, 11) is 1.65. The van der Waals surface area contributed by atoms with Gasteiger partial charge in [-0.25, -0.2) is 4.98 Å². The monoisotopic (exact) mass is 425 g/mol. The van der Waals surface area contributed by atoms with Crippen molar-refractivity contribution in [2.75, 3.05) is 19.0 Å². The van der Waals surface area contributed by atoms with Crippen LogP contribution in [0.15, 0.2) is 23.0 Å². The van der Waals surface area contributed by atoms with Gasteiger partial charge in [0, 0.05) is 13.0 Å². The van der Waals surface area contributed by atoms with Crippen LogP contribution >= 0.6 is 0 Å². The van der Waals surface area contributed by atoms with Crippen molar-refractivity contribution in [1.29, 1.82) is 5.41 Å². The second-order valence-corrected chi connectivity index (χ2v) is 8.02. The number of carbonyl (C=O) groups is 1. The minimum Gasteiger partial charge on any atom is -0.493 e. The summed E-state index contributed by atoms with van der Waals surface area (Å²) in [6, 6.07) is 5.88. The third-order valence-corrected chi connectivity index (χ3v) is 5.72. The number of ether oxygens (including phenoxy) is 1. The molecule has 1 aliphatic carbocycles. The molecule has 8 heteroatoms. The van der Waals surface area contributed by atoms with Crippen LogP contribution in [0.25, 0.3) is 11.4 Å². The zero-order valence-corrected chi connectivity index (χ0v) is 18.4. The van der Waals surface area contributed by atoms with Crippen molar-refractivity contribution in [2.45, 2.75) is 46.0 Å². The highest BCUT2D eigenvalue weighted by molar-refractivity contribution is 6.01. The Balaban J connectivity index is 1.99. The zero-order chi connectivity index (χ0) is 22.5. The second-order valence-electron chi connectivity index (χ2n) is 8.02. The largest absolute Gasteiger partial charge is 0.493 e. The first-order valence-corrected chi connectivity index (χ1v) is 10.8. The molecule has 0 saturated heterocycles. The molecule has 0 bridgehead atoms. The van der Waals surface area contributed by atoms with Gasteiger partial charge in [0.2, 0.25) is 5.91 Å². The van der Waals surface area contributed by atoms with E-state index in [0.717, 1.165) is 31.2 Å². The number of carbonyl (C=O) groups excluding carboxylic acids is 1. The van der Waals surface area contributed by atoms with Gasteiger partial charge in [0.25, 0.3) is 5.56 Å². The molecule has 0 atom stereocenters. The average Bonchev–Trinajstić information content (AvgIpc) is 2.70. The molecule has 8 nitrogen and oxygen atoms in total. The molecule has 0 radical (unpaired) electrons. The molecule has 1 amide bonds. The molecule has 5 N–H and O–H groups in total. The molecule has 1 aliphatic rings. The third kappa shape index (κ3) is 4.95. The van der Waals surface area contributed by atoms with Crippen LogP contribution in [0.4, 0.5) is 5.69 Å². The van der Waals surface area contributed by atoms with Gasteiger partial charge in [0.05, 0.1) is 17.9 Å². The van der Waals surface area contributed by atoms with Gasteiger partial charge in [-0.2, -0.15) is 0 Å². The van der Waals surface area contributed by atoms with E-state index in [-0.39, 0.29) is 17.4 Å². The second kappa shape index (κ2) is 9.76. The van der Waals surface area contributed by atoms with Crippen molar-refractivity contribution in [3.8, 4) is 17.1 Å². The van der Waals surface area contributed by atoms with Gasteiger partial charge in [0.15, 0.2) is 0 Å². The summed E-state index contributed by atoms with van der Waals surface area (Å²) in [6.45, 7) is 4.37. The normalized spacial score (nSPS) is 17.6. The first-order valence-electron chi connectivity index (χ1n) is 10.8. The lowest BCUT2D eigenvalue weighted by Crippen LogP contribution is -2.35. The number of H-pyrrole nitrogens is 1. The van der Waals surface area contributed by atoms with Gasteiger partial charge < -0.3 is 26.2 Å². The Morgan fingerprint density at radius 1 is 1.35 bits per heavy atom. The topological polar surface area (TPSA) is 134 Å². The number of aromatic amines is 1. The lowest BCUT2D eigenvalue weighted by Gasteiger charge is -2.33. The maximum absolute atomic E-state index is 12.7. The molecule has 0 aliphatic heterocycles. The average molecular weight is 426 g/mol. The van der Waals surface area contributed by atoms with Crippen LogP contribution in [-0.4, -0.2) is 35.2 Å². The van der Waals surface area contributed by atoms with Gasteiger partial charge in [0.1, 0.15) is 23.0 Å². The van der Waals surface area contributed by atoms with E-state index in [1.165, 1.54) is 0 Å². The van der Waals surface area contributed by atoms with Crippen LogP contribution < -0.4 is 21.3 Å². The van der Waals surface area contributed by atoms with Crippen LogP contribution in [0.3, 0.4) is 0 Å². The Morgan fingerprint density at radius 2 is 2.10 bits per heavy atom. The number of nitrogens with one attached hydrogen (secondary N) is 3. The van der Waals surface area contributed by atoms with Crippen LogP contribution in [0.5, 0.6) is 5.75 Å². The number of amides is 1. The van der Waals surface area contributed by atoms with E-state index in [2.05, 4.69) is 15.3 Å². The first kappa shape index (κ1) is 22.5. The minimum absolute atomic E-state index is 0.0218. The number of nitrogens with zero attached hydrogens (tertiary/aromatic N) is 1. The quantitative estimate of drug-likeness (QED) is 0.434. The number of aromatic nitrogens is 2. The SMILES string of the molecule is CCCC(=N)c1nc(-c2cc(CC3CC(C(N)=O)C3)ccc2OCC)[nH]c(=O)c1NC. The summed E-state index contributed by atoms with van der Waals surface area (Å²) in [5, 5.41) is 11.2. The van der Waals surface area contributed by atoms with Crippen LogP contribution in [-0.2, 0) is 11.2 Å². The molecular formula is C23H31N5O3. The van der Waals surface area contributed by atoms with Crippen molar-refractivity contribution in [2.24, 2.45) is 17.6 Å². The lowest BCUT2D eigenvalue weighted by molar-refractivity contribution is -0.125. The molecule has 1 saturated carbocycles. The Bertz CT molecular complexity index is 1020. The number of hydrogen-bond donors (Lipinski definition) is 4. The fraction of sp³-hybridized carbons (Fsp3) is 0.478. The number of hydrogen-bond acceptors (Lipinski definition) is 6. The summed E-state index contributed by atoms with van der Waals surface area (Å²) in [6.07, 6.45) is 3.76. The number of anilines is 1. The minimum atomic E-state index is -0.320. The molecule has 31 heavy (non-hydrogen) atoms. The van der Waals surface area contributed by atoms with E-state index >= 15 is 0 Å². The van der Waals surface area contributed by atoms with Gasteiger partial charge in [-0.15, -0.1) is 0 Å². The molecule has 1 heterocycles. The van der Waals surface area contributed by atoms with Gasteiger partial charge in [-0.1, -0.05) is 19.4 Å². The molecule has 0 spiro atoms. The highest BCUT2D eigenvalue weighted by atomic mass is 16.5.